The van der Waals surface area contributed by atoms with Crippen molar-refractivity contribution in [3.63, 3.8) is 0 Å². The van der Waals surface area contributed by atoms with Gasteiger partial charge in [0.15, 0.2) is 0 Å². The highest BCUT2D eigenvalue weighted by molar-refractivity contribution is 6.35. The van der Waals surface area contributed by atoms with Gasteiger partial charge >= 0.3 is 5.97 Å². The molecular weight excluding hydrogens is 261 g/mol. The molecule has 1 aromatic rings. The smallest absolute Gasteiger partial charge is 0.309 e. The van der Waals surface area contributed by atoms with E-state index < -0.39 is 24.7 Å². The third-order valence-corrected chi connectivity index (χ3v) is 2.46. The van der Waals surface area contributed by atoms with Gasteiger partial charge in [-0.1, -0.05) is 29.3 Å². The lowest BCUT2D eigenvalue weighted by molar-refractivity contribution is -0.144. The summed E-state index contributed by atoms with van der Waals surface area (Å²) in [6.45, 7) is 0. The van der Waals surface area contributed by atoms with Crippen LogP contribution < -0.4 is 0 Å². The van der Waals surface area contributed by atoms with Gasteiger partial charge in [-0.05, 0) is 17.7 Å². The molecule has 0 saturated heterocycles. The van der Waals surface area contributed by atoms with E-state index in [-0.39, 0.29) is 10.6 Å². The zero-order valence-electron chi connectivity index (χ0n) is 8.01. The standard InChI is InChI=1S/C10H8Cl2F2O2/c11-7-2-1-6(8(12)3-7)4-10(13,14)5-9(15)16/h1-3H,4-5H2,(H,15,16). The number of benzene rings is 1. The topological polar surface area (TPSA) is 37.3 Å². The number of carbonyl (C=O) groups is 1. The minimum Gasteiger partial charge on any atom is -0.481 e. The maximum absolute atomic E-state index is 13.2. The predicted molar refractivity (Wildman–Crippen MR) is 57.4 cm³/mol. The van der Waals surface area contributed by atoms with Gasteiger partial charge in [-0.25, -0.2) is 8.78 Å². The van der Waals surface area contributed by atoms with Crippen molar-refractivity contribution in [3.8, 4) is 0 Å². The van der Waals surface area contributed by atoms with Crippen molar-refractivity contribution in [3.05, 3.63) is 33.8 Å². The van der Waals surface area contributed by atoms with Crippen LogP contribution in [0.25, 0.3) is 0 Å². The molecule has 1 rings (SSSR count). The van der Waals surface area contributed by atoms with Crippen LogP contribution in [0.3, 0.4) is 0 Å². The molecule has 0 amide bonds. The highest BCUT2D eigenvalue weighted by atomic mass is 35.5. The van der Waals surface area contributed by atoms with E-state index in [1.807, 2.05) is 0 Å². The molecular formula is C10H8Cl2F2O2. The number of hydrogen-bond donors (Lipinski definition) is 1. The van der Waals surface area contributed by atoms with E-state index in [9.17, 15) is 13.6 Å². The molecule has 0 bridgehead atoms. The Hall–Kier alpha value is -0.870. The molecule has 0 aliphatic carbocycles. The maximum atomic E-state index is 13.2. The van der Waals surface area contributed by atoms with Crippen molar-refractivity contribution in [2.45, 2.75) is 18.8 Å². The van der Waals surface area contributed by atoms with Crippen LogP contribution in [0.1, 0.15) is 12.0 Å². The molecule has 6 heteroatoms. The molecule has 0 aromatic heterocycles. The third kappa shape index (κ3) is 3.94. The second kappa shape index (κ2) is 4.97. The monoisotopic (exact) mass is 268 g/mol. The van der Waals surface area contributed by atoms with Gasteiger partial charge < -0.3 is 5.11 Å². The fourth-order valence-corrected chi connectivity index (χ4v) is 1.70. The highest BCUT2D eigenvalue weighted by Crippen LogP contribution is 2.29. The largest absolute Gasteiger partial charge is 0.481 e. The van der Waals surface area contributed by atoms with Gasteiger partial charge in [0.05, 0.1) is 0 Å². The average molecular weight is 269 g/mol. The van der Waals surface area contributed by atoms with Gasteiger partial charge in [-0.3, -0.25) is 4.79 Å². The Bertz CT molecular complexity index is 408. The van der Waals surface area contributed by atoms with Crippen LogP contribution >= 0.6 is 23.2 Å². The minimum absolute atomic E-state index is 0.109. The van der Waals surface area contributed by atoms with E-state index in [1.54, 1.807) is 0 Å². The fourth-order valence-electron chi connectivity index (χ4n) is 1.23. The van der Waals surface area contributed by atoms with Crippen LogP contribution in [0.15, 0.2) is 18.2 Å². The first-order chi connectivity index (χ1) is 7.30. The van der Waals surface area contributed by atoms with Gasteiger partial charge in [0, 0.05) is 16.5 Å². The van der Waals surface area contributed by atoms with E-state index in [0.717, 1.165) is 0 Å². The fraction of sp³-hybridized carbons (Fsp3) is 0.300. The summed E-state index contributed by atoms with van der Waals surface area (Å²) in [4.78, 5) is 10.2. The van der Waals surface area contributed by atoms with Crippen molar-refractivity contribution >= 4 is 29.2 Å². The zero-order valence-corrected chi connectivity index (χ0v) is 9.53. The van der Waals surface area contributed by atoms with E-state index in [2.05, 4.69) is 0 Å². The number of halogens is 4. The quantitative estimate of drug-likeness (QED) is 0.905. The van der Waals surface area contributed by atoms with E-state index in [4.69, 9.17) is 28.3 Å². The average Bonchev–Trinajstić information content (AvgIpc) is 2.07. The number of carboxylic acid groups (broad SMARTS) is 1. The second-order valence-corrected chi connectivity index (χ2v) is 4.18. The van der Waals surface area contributed by atoms with Crippen LogP contribution in [0, 0.1) is 0 Å². The Balaban J connectivity index is 2.83. The van der Waals surface area contributed by atoms with Crippen LogP contribution in [0.5, 0.6) is 0 Å². The summed E-state index contributed by atoms with van der Waals surface area (Å²) in [6, 6.07) is 4.13. The number of alkyl halides is 2. The lowest BCUT2D eigenvalue weighted by atomic mass is 10.0. The molecule has 1 N–H and O–H groups in total. The normalized spacial score (nSPS) is 11.5. The maximum Gasteiger partial charge on any atom is 0.309 e. The molecule has 0 atom stereocenters. The molecule has 0 saturated carbocycles. The summed E-state index contributed by atoms with van der Waals surface area (Å²) in [7, 11) is 0. The van der Waals surface area contributed by atoms with Crippen LogP contribution in [-0.4, -0.2) is 17.0 Å². The van der Waals surface area contributed by atoms with Gasteiger partial charge in [-0.15, -0.1) is 0 Å². The summed E-state index contributed by atoms with van der Waals surface area (Å²) >= 11 is 11.3. The molecule has 88 valence electrons. The van der Waals surface area contributed by atoms with Crippen molar-refractivity contribution in [1.29, 1.82) is 0 Å². The molecule has 0 aliphatic rings. The third-order valence-electron chi connectivity index (χ3n) is 1.87. The number of hydrogen-bond acceptors (Lipinski definition) is 1. The first-order valence-electron chi connectivity index (χ1n) is 4.34. The van der Waals surface area contributed by atoms with Crippen molar-refractivity contribution < 1.29 is 18.7 Å². The van der Waals surface area contributed by atoms with Gasteiger partial charge in [0.1, 0.15) is 6.42 Å². The Morgan fingerprint density at radius 1 is 1.38 bits per heavy atom. The molecule has 0 spiro atoms. The molecule has 1 aromatic carbocycles. The highest BCUT2D eigenvalue weighted by Gasteiger charge is 2.33. The summed E-state index contributed by atoms with van der Waals surface area (Å²) in [6.07, 6.45) is -1.93. The second-order valence-electron chi connectivity index (χ2n) is 3.34. The van der Waals surface area contributed by atoms with E-state index in [0.29, 0.717) is 5.02 Å². The predicted octanol–water partition coefficient (Wildman–Crippen LogP) is 3.65. The lowest BCUT2D eigenvalue weighted by Gasteiger charge is -2.14. The Morgan fingerprint density at radius 2 is 2.00 bits per heavy atom. The van der Waals surface area contributed by atoms with Gasteiger partial charge in [-0.2, -0.15) is 0 Å². The van der Waals surface area contributed by atoms with Crippen molar-refractivity contribution in [2.24, 2.45) is 0 Å². The Morgan fingerprint density at radius 3 is 2.50 bits per heavy atom. The van der Waals surface area contributed by atoms with Crippen LogP contribution in [0.2, 0.25) is 10.0 Å². The van der Waals surface area contributed by atoms with E-state index in [1.165, 1.54) is 18.2 Å². The summed E-state index contributed by atoms with van der Waals surface area (Å²) in [5.74, 6) is -4.86. The van der Waals surface area contributed by atoms with E-state index >= 15 is 0 Å². The summed E-state index contributed by atoms with van der Waals surface area (Å²) < 4.78 is 26.3. The first kappa shape index (κ1) is 13.2. The minimum atomic E-state index is -3.32. The van der Waals surface area contributed by atoms with Gasteiger partial charge in [0.25, 0.3) is 5.92 Å². The van der Waals surface area contributed by atoms with Crippen LogP contribution in [0.4, 0.5) is 8.78 Å². The molecule has 16 heavy (non-hydrogen) atoms. The number of rotatable bonds is 4. The Labute approximate surface area is 101 Å². The van der Waals surface area contributed by atoms with Crippen molar-refractivity contribution in [1.82, 2.24) is 0 Å². The molecule has 0 heterocycles. The van der Waals surface area contributed by atoms with Crippen molar-refractivity contribution in [2.75, 3.05) is 0 Å². The SMILES string of the molecule is O=C(O)CC(F)(F)Cc1ccc(Cl)cc1Cl. The summed E-state index contributed by atoms with van der Waals surface area (Å²) in [5.41, 5.74) is 0.178. The first-order valence-corrected chi connectivity index (χ1v) is 5.09. The Kier molecular flexibility index (Phi) is 4.10. The lowest BCUT2D eigenvalue weighted by Crippen LogP contribution is -2.23. The molecule has 0 radical (unpaired) electrons. The van der Waals surface area contributed by atoms with Gasteiger partial charge in [0.2, 0.25) is 0 Å². The molecule has 0 aliphatic heterocycles. The number of carboxylic acids is 1. The van der Waals surface area contributed by atoms with Crippen LogP contribution in [-0.2, 0) is 11.2 Å². The zero-order chi connectivity index (χ0) is 12.3. The summed E-state index contributed by atoms with van der Waals surface area (Å²) in [5, 5.41) is 8.76. The molecule has 2 nitrogen and oxygen atoms in total. The molecule has 0 fully saturated rings. The molecule has 0 unspecified atom stereocenters. The number of aliphatic carboxylic acids is 1.